The van der Waals surface area contributed by atoms with E-state index in [1.807, 2.05) is 23.1 Å². The van der Waals surface area contributed by atoms with Gasteiger partial charge in [-0.3, -0.25) is 14.4 Å². The third-order valence-electron chi connectivity index (χ3n) is 20.0. The summed E-state index contributed by atoms with van der Waals surface area (Å²) in [7, 11) is 9.81. The molecule has 12 aromatic rings. The number of hydrogen-bond donors (Lipinski definition) is 9. The lowest BCUT2D eigenvalue weighted by Gasteiger charge is -2.24. The number of likely N-dealkylation sites (N-methyl/N-ethyl adjacent to an activating group) is 6. The molecule has 6 aromatic carbocycles. The summed E-state index contributed by atoms with van der Waals surface area (Å²) in [5, 5.41) is 29.9. The van der Waals surface area contributed by atoms with Crippen molar-refractivity contribution in [2.24, 2.45) is 0 Å². The number of carbonyl (C=O) groups is 3. The maximum atomic E-state index is 12.3. The first-order valence-electron chi connectivity index (χ1n) is 42.0. The molecule has 0 radical (unpaired) electrons. The zero-order valence-corrected chi connectivity index (χ0v) is 64.6. The van der Waals surface area contributed by atoms with Crippen LogP contribution in [0.4, 0.5) is 69.0 Å². The lowest BCUT2D eigenvalue weighted by Crippen LogP contribution is -2.28. The molecule has 0 saturated heterocycles. The molecule has 588 valence electrons. The van der Waals surface area contributed by atoms with E-state index in [1.54, 1.807) is 83.2 Å². The van der Waals surface area contributed by atoms with Crippen molar-refractivity contribution in [2.75, 3.05) is 149 Å². The van der Waals surface area contributed by atoms with Crippen molar-refractivity contribution in [2.45, 2.75) is 58.2 Å². The lowest BCUT2D eigenvalue weighted by molar-refractivity contribution is -0.112. The van der Waals surface area contributed by atoms with Gasteiger partial charge in [0.05, 0.1) is 106 Å². The van der Waals surface area contributed by atoms with E-state index in [2.05, 4.69) is 169 Å². The van der Waals surface area contributed by atoms with Gasteiger partial charge in [-0.25, -0.2) is 29.9 Å². The van der Waals surface area contributed by atoms with Crippen LogP contribution in [0.15, 0.2) is 184 Å². The molecule has 27 heteroatoms. The molecular weight excluding hydrogens is 1440 g/mol. The molecule has 6 aromatic heterocycles. The van der Waals surface area contributed by atoms with Crippen LogP contribution in [0.2, 0.25) is 0 Å². The Bertz CT molecular complexity index is 5690. The third-order valence-corrected chi connectivity index (χ3v) is 20.0. The van der Waals surface area contributed by atoms with Crippen LogP contribution in [0.1, 0.15) is 48.3 Å². The summed E-state index contributed by atoms with van der Waals surface area (Å²) in [4.78, 5) is 68.9. The average molecular weight is 1540 g/mol. The number of amides is 3. The first-order valence-corrected chi connectivity index (χ1v) is 37.5. The predicted octanol–water partition coefficient (Wildman–Crippen LogP) is 13.7. The van der Waals surface area contributed by atoms with Crippen molar-refractivity contribution >= 4 is 119 Å². The summed E-state index contributed by atoms with van der Waals surface area (Å²) in [6.07, 6.45) is 21.5. The molecule has 0 atom stereocenters. The monoisotopic (exact) mass is 1540 g/mol. The summed E-state index contributed by atoms with van der Waals surface area (Å²) in [5.41, 5.74) is 16.9. The molecule has 15 rings (SSSR count). The molecule has 9 heterocycles. The number of benzene rings is 6. The largest absolute Gasteiger partial charge is 0.494 e. The molecule has 0 bridgehead atoms. The van der Waals surface area contributed by atoms with Gasteiger partial charge in [0.15, 0.2) is 0 Å². The van der Waals surface area contributed by atoms with Gasteiger partial charge in [0.2, 0.25) is 35.6 Å². The van der Waals surface area contributed by atoms with Gasteiger partial charge in [-0.05, 0) is 131 Å². The third kappa shape index (κ3) is 17.5. The molecule has 0 fully saturated rings. The van der Waals surface area contributed by atoms with Gasteiger partial charge in [0.25, 0.3) is 0 Å². The summed E-state index contributed by atoms with van der Waals surface area (Å²) >= 11 is 0. The maximum absolute atomic E-state index is 12.3. The van der Waals surface area contributed by atoms with Gasteiger partial charge in [0, 0.05) is 180 Å². The van der Waals surface area contributed by atoms with Gasteiger partial charge in [0.1, 0.15) is 17.2 Å². The Morgan fingerprint density at radius 2 is 0.781 bits per heavy atom. The van der Waals surface area contributed by atoms with Crippen LogP contribution in [0.25, 0.3) is 66.5 Å². The lowest BCUT2D eigenvalue weighted by atomic mass is 10.0. The highest BCUT2D eigenvalue weighted by atomic mass is 16.5. The van der Waals surface area contributed by atoms with Crippen molar-refractivity contribution in [1.82, 2.24) is 59.6 Å². The molecule has 0 saturated carbocycles. The van der Waals surface area contributed by atoms with E-state index in [4.69, 9.17) is 41.5 Å². The van der Waals surface area contributed by atoms with Crippen molar-refractivity contribution in [1.29, 1.82) is 0 Å². The first kappa shape index (κ1) is 67.8. The molecule has 27 nitrogen and oxygen atoms in total. The fraction of sp³-hybridized carbons (Fsp3) is 0.276. The molecule has 114 heavy (non-hydrogen) atoms. The van der Waals surface area contributed by atoms with Crippen LogP contribution in [-0.4, -0.2) is 164 Å². The van der Waals surface area contributed by atoms with Gasteiger partial charge >= 0.3 is 0 Å². The van der Waals surface area contributed by atoms with Crippen LogP contribution in [-0.2, 0) is 53.3 Å². The Kier molecular flexibility index (Phi) is 21.6. The minimum atomic E-state index is -2.47. The SMILES string of the molecule is [2H]C([2H])([2H])N(CCNC)c1cc(OC)c(Nc2nccc(-c3cn4c5c(cccc35)CCC4)n2)cc1NC(=O)C=C.[2H]C([2H])([2H])N(CCNC)c1cc(OC)c(Nc2nccc(-c3cn4c5c(cccc35)CCC4)n2)cc1NC(=O)C=C.[2H]C([2H])([2H])NCCN(C)c1cc(OC)c(Nc2nccc(-c3cn4c5c(cccc35)CCC4)n2)cc1NC(=O)C=C. The van der Waals surface area contributed by atoms with Gasteiger partial charge < -0.3 is 90.5 Å². The van der Waals surface area contributed by atoms with Crippen molar-refractivity contribution in [3.63, 3.8) is 0 Å². The van der Waals surface area contributed by atoms with E-state index in [0.29, 0.717) is 83.2 Å². The topological polar surface area (TPSA) is 289 Å². The van der Waals surface area contributed by atoms with Crippen molar-refractivity contribution in [3.05, 3.63) is 201 Å². The number of aromatic nitrogens is 9. The number of anilines is 12. The summed E-state index contributed by atoms with van der Waals surface area (Å²) in [5.74, 6) is 0.884. The highest BCUT2D eigenvalue weighted by molar-refractivity contribution is 6.05. The second-order valence-electron chi connectivity index (χ2n) is 27.3. The number of ether oxygens (including phenoxy) is 3. The van der Waals surface area contributed by atoms with Crippen molar-refractivity contribution in [3.8, 4) is 51.0 Å². The zero-order valence-electron chi connectivity index (χ0n) is 73.6. The van der Waals surface area contributed by atoms with Crippen LogP contribution >= 0.6 is 0 Å². The van der Waals surface area contributed by atoms with Gasteiger partial charge in [-0.1, -0.05) is 74.3 Å². The fourth-order valence-electron chi connectivity index (χ4n) is 14.6. The van der Waals surface area contributed by atoms with E-state index >= 15 is 0 Å². The average Bonchev–Trinajstić information content (AvgIpc) is 1.66. The number of para-hydroxylation sites is 3. The van der Waals surface area contributed by atoms with Crippen LogP contribution in [0, 0.1) is 0 Å². The Morgan fingerprint density at radius 3 is 1.09 bits per heavy atom. The van der Waals surface area contributed by atoms with Gasteiger partial charge in [-0.2, -0.15) is 0 Å². The highest BCUT2D eigenvalue weighted by Crippen LogP contribution is 2.44. The molecule has 0 unspecified atom stereocenters. The van der Waals surface area contributed by atoms with Crippen LogP contribution < -0.4 is 76.8 Å². The number of aryl methyl sites for hydroxylation is 6. The van der Waals surface area contributed by atoms with E-state index in [9.17, 15) is 14.4 Å². The summed E-state index contributed by atoms with van der Waals surface area (Å²) in [6, 6.07) is 34.7. The molecule has 9 N–H and O–H groups in total. The second-order valence-corrected chi connectivity index (χ2v) is 27.3. The minimum Gasteiger partial charge on any atom is -0.494 e. The van der Waals surface area contributed by atoms with E-state index in [1.165, 1.54) is 68.7 Å². The standard InChI is InChI=1S/3C29H33N7O2/c3*1-5-27(37)32-23-16-24(26(38-4)17-25(23)35(3)15-13-30-2)34-29-31-12-11-22(33-29)21-18-36-14-7-9-19-8-6-10-20(21)28(19)36/h3*5-6,8,10-12,16-18,30H,1,7,9,13-15H2,2-4H3,(H,32,37)(H,31,33,34)/i2*3D3;2D3. The number of rotatable bonds is 30. The van der Waals surface area contributed by atoms with Crippen molar-refractivity contribution < 1.29 is 40.9 Å². The van der Waals surface area contributed by atoms with Crippen LogP contribution in [0.3, 0.4) is 0 Å². The summed E-state index contributed by atoms with van der Waals surface area (Å²) < 4.78 is 94.6. The highest BCUT2D eigenvalue weighted by Gasteiger charge is 2.25. The molecule has 0 aliphatic carbocycles. The maximum Gasteiger partial charge on any atom is 0.247 e. The number of nitrogens with zero attached hydrogens (tertiary/aromatic N) is 12. The summed E-state index contributed by atoms with van der Waals surface area (Å²) in [6.45, 7) is 8.06. The van der Waals surface area contributed by atoms with E-state index in [-0.39, 0.29) is 48.3 Å². The van der Waals surface area contributed by atoms with Gasteiger partial charge in [-0.15, -0.1) is 0 Å². The molecule has 0 spiro atoms. The predicted molar refractivity (Wildman–Crippen MR) is 461 cm³/mol. The van der Waals surface area contributed by atoms with E-state index in [0.717, 1.165) is 115 Å². The Labute approximate surface area is 676 Å². The number of methoxy groups -OCH3 is 3. The first-order chi connectivity index (χ1) is 59.1. The molecule has 3 aliphatic rings. The fourth-order valence-corrected chi connectivity index (χ4v) is 14.6. The Morgan fingerprint density at radius 1 is 0.456 bits per heavy atom. The number of carbonyl (C=O) groups excluding carboxylic acids is 3. The molecule has 3 aliphatic heterocycles. The smallest absolute Gasteiger partial charge is 0.247 e. The quantitative estimate of drug-likeness (QED) is 0.0189. The molecule has 3 amide bonds. The zero-order chi connectivity index (χ0) is 87.4. The number of nitrogens with one attached hydrogen (secondary N) is 9. The Hall–Kier alpha value is -13.1. The minimum absolute atomic E-state index is 0.167. The van der Waals surface area contributed by atoms with Crippen LogP contribution in [0.5, 0.6) is 17.2 Å². The van der Waals surface area contributed by atoms with E-state index < -0.39 is 32.7 Å². The Balaban J connectivity index is 0.000000159. The number of hydrogen-bond acceptors (Lipinski definition) is 21. The normalized spacial score (nSPS) is 13.8. The second kappa shape index (κ2) is 36.4. The molecular formula is C87H99N21O6.